The maximum absolute atomic E-state index is 4.66. The zero-order valence-corrected chi connectivity index (χ0v) is 11.9. The summed E-state index contributed by atoms with van der Waals surface area (Å²) in [4.78, 5) is 9.11. The molecule has 2 aromatic rings. The first kappa shape index (κ1) is 13.9. The molecule has 0 radical (unpaired) electrons. The SMILES string of the molecule is C=C(C)N=C(N=C(C)c1ccccc1)c1ccccc1. The first-order valence-electron chi connectivity index (χ1n) is 6.57. The fourth-order valence-corrected chi connectivity index (χ4v) is 1.82. The number of benzene rings is 2. The number of hydrogen-bond donors (Lipinski definition) is 0. The molecule has 0 saturated heterocycles. The second kappa shape index (κ2) is 6.62. The minimum absolute atomic E-state index is 0.694. The summed E-state index contributed by atoms with van der Waals surface area (Å²) >= 11 is 0. The highest BCUT2D eigenvalue weighted by Gasteiger charge is 2.03. The van der Waals surface area contributed by atoms with Crippen LogP contribution in [0.3, 0.4) is 0 Å². The van der Waals surface area contributed by atoms with Crippen molar-refractivity contribution in [2.24, 2.45) is 9.98 Å². The Bertz CT molecular complexity index is 638. The standard InChI is InChI=1S/C18H18N2/c1-14(2)19-18(17-12-8-5-9-13-17)20-15(3)16-10-6-4-7-11-16/h4-13H,1H2,2-3H3. The van der Waals surface area contributed by atoms with Crippen LogP contribution in [-0.2, 0) is 0 Å². The summed E-state index contributed by atoms with van der Waals surface area (Å²) < 4.78 is 0. The van der Waals surface area contributed by atoms with Crippen molar-refractivity contribution < 1.29 is 0 Å². The lowest BCUT2D eigenvalue weighted by Gasteiger charge is -2.05. The van der Waals surface area contributed by atoms with Gasteiger partial charge in [-0.1, -0.05) is 67.2 Å². The summed E-state index contributed by atoms with van der Waals surface area (Å²) in [5, 5.41) is 0. The van der Waals surface area contributed by atoms with E-state index in [-0.39, 0.29) is 0 Å². The molecule has 0 bridgehead atoms. The Balaban J connectivity index is 2.42. The van der Waals surface area contributed by atoms with Crippen LogP contribution in [-0.4, -0.2) is 11.5 Å². The molecular formula is C18H18N2. The number of hydrogen-bond acceptors (Lipinski definition) is 1. The lowest BCUT2D eigenvalue weighted by atomic mass is 10.1. The van der Waals surface area contributed by atoms with Gasteiger partial charge in [-0.2, -0.15) is 0 Å². The molecule has 0 spiro atoms. The second-order valence-corrected chi connectivity index (χ2v) is 4.60. The second-order valence-electron chi connectivity index (χ2n) is 4.60. The summed E-state index contributed by atoms with van der Waals surface area (Å²) in [5.41, 5.74) is 3.77. The molecule has 0 fully saturated rings. The molecule has 0 amide bonds. The van der Waals surface area contributed by atoms with Gasteiger partial charge in [0, 0.05) is 17.0 Å². The first-order valence-corrected chi connectivity index (χ1v) is 6.57. The third-order valence-electron chi connectivity index (χ3n) is 2.79. The van der Waals surface area contributed by atoms with Crippen molar-refractivity contribution in [3.8, 4) is 0 Å². The zero-order valence-electron chi connectivity index (χ0n) is 11.9. The van der Waals surface area contributed by atoms with E-state index >= 15 is 0 Å². The van der Waals surface area contributed by atoms with Crippen LogP contribution in [0.15, 0.2) is 82.9 Å². The molecule has 0 atom stereocenters. The molecule has 0 saturated carbocycles. The third-order valence-corrected chi connectivity index (χ3v) is 2.79. The molecule has 20 heavy (non-hydrogen) atoms. The predicted octanol–water partition coefficient (Wildman–Crippen LogP) is 4.48. The summed E-state index contributed by atoms with van der Waals surface area (Å²) in [6, 6.07) is 20.1. The van der Waals surface area contributed by atoms with Crippen LogP contribution in [0.2, 0.25) is 0 Å². The lowest BCUT2D eigenvalue weighted by molar-refractivity contribution is 1.30. The fourth-order valence-electron chi connectivity index (χ4n) is 1.82. The van der Waals surface area contributed by atoms with Crippen LogP contribution in [0.1, 0.15) is 25.0 Å². The van der Waals surface area contributed by atoms with Crippen molar-refractivity contribution in [1.29, 1.82) is 0 Å². The summed E-state index contributed by atoms with van der Waals surface area (Å²) in [6.07, 6.45) is 0. The highest BCUT2D eigenvalue weighted by Crippen LogP contribution is 2.08. The first-order chi connectivity index (χ1) is 9.66. The van der Waals surface area contributed by atoms with Crippen molar-refractivity contribution >= 4 is 11.5 Å². The minimum atomic E-state index is 0.694. The van der Waals surface area contributed by atoms with Gasteiger partial charge in [0.05, 0.1) is 0 Å². The predicted molar refractivity (Wildman–Crippen MR) is 86.4 cm³/mol. The van der Waals surface area contributed by atoms with Gasteiger partial charge in [0.25, 0.3) is 0 Å². The van der Waals surface area contributed by atoms with E-state index in [0.29, 0.717) is 5.84 Å². The van der Waals surface area contributed by atoms with Crippen molar-refractivity contribution in [2.75, 3.05) is 0 Å². The molecule has 0 N–H and O–H groups in total. The molecule has 2 aromatic carbocycles. The number of nitrogens with zero attached hydrogens (tertiary/aromatic N) is 2. The van der Waals surface area contributed by atoms with Crippen LogP contribution in [0, 0.1) is 0 Å². The number of amidine groups is 1. The molecule has 100 valence electrons. The third kappa shape index (κ3) is 3.75. The molecule has 0 heterocycles. The van der Waals surface area contributed by atoms with E-state index in [0.717, 1.165) is 22.5 Å². The van der Waals surface area contributed by atoms with E-state index in [4.69, 9.17) is 0 Å². The Morgan fingerprint density at radius 1 is 0.750 bits per heavy atom. The van der Waals surface area contributed by atoms with Gasteiger partial charge in [-0.25, -0.2) is 9.98 Å². The molecule has 0 aliphatic heterocycles. The molecule has 0 aliphatic rings. The summed E-state index contributed by atoms with van der Waals surface area (Å²) in [5.74, 6) is 0.694. The van der Waals surface area contributed by atoms with Crippen molar-refractivity contribution in [1.82, 2.24) is 0 Å². The van der Waals surface area contributed by atoms with Crippen LogP contribution >= 0.6 is 0 Å². The van der Waals surface area contributed by atoms with Crippen LogP contribution in [0.4, 0.5) is 0 Å². The maximum atomic E-state index is 4.66. The van der Waals surface area contributed by atoms with E-state index in [1.807, 2.05) is 74.5 Å². The van der Waals surface area contributed by atoms with Gasteiger partial charge in [-0.05, 0) is 19.4 Å². The fraction of sp³-hybridized carbons (Fsp3) is 0.111. The Hall–Kier alpha value is -2.48. The monoisotopic (exact) mass is 262 g/mol. The topological polar surface area (TPSA) is 24.7 Å². The molecule has 2 nitrogen and oxygen atoms in total. The number of allylic oxidation sites excluding steroid dienone is 1. The Labute approximate surface area is 120 Å². The van der Waals surface area contributed by atoms with Gasteiger partial charge >= 0.3 is 0 Å². The van der Waals surface area contributed by atoms with Gasteiger partial charge in [-0.15, -0.1) is 0 Å². The molecule has 0 aliphatic carbocycles. The van der Waals surface area contributed by atoms with Crippen LogP contribution in [0.25, 0.3) is 0 Å². The van der Waals surface area contributed by atoms with E-state index in [1.54, 1.807) is 0 Å². The highest BCUT2D eigenvalue weighted by atomic mass is 14.9. The van der Waals surface area contributed by atoms with Crippen molar-refractivity contribution in [3.63, 3.8) is 0 Å². The van der Waals surface area contributed by atoms with Gasteiger partial charge < -0.3 is 0 Å². The van der Waals surface area contributed by atoms with Crippen LogP contribution < -0.4 is 0 Å². The quantitative estimate of drug-likeness (QED) is 0.575. The minimum Gasteiger partial charge on any atom is -0.234 e. The maximum Gasteiger partial charge on any atom is 0.159 e. The molecule has 2 heteroatoms. The average Bonchev–Trinajstić information content (AvgIpc) is 2.48. The molecule has 0 unspecified atom stereocenters. The zero-order chi connectivity index (χ0) is 14.4. The van der Waals surface area contributed by atoms with Gasteiger partial charge in [0.2, 0.25) is 0 Å². The van der Waals surface area contributed by atoms with E-state index in [1.165, 1.54) is 0 Å². The van der Waals surface area contributed by atoms with Crippen molar-refractivity contribution in [2.45, 2.75) is 13.8 Å². The van der Waals surface area contributed by atoms with Crippen molar-refractivity contribution in [3.05, 3.63) is 84.1 Å². The summed E-state index contributed by atoms with van der Waals surface area (Å²) in [6.45, 7) is 7.71. The Kier molecular flexibility index (Phi) is 4.61. The molecular weight excluding hydrogens is 244 g/mol. The van der Waals surface area contributed by atoms with E-state index in [9.17, 15) is 0 Å². The number of aliphatic imine (C=N–C) groups is 2. The number of rotatable bonds is 3. The highest BCUT2D eigenvalue weighted by molar-refractivity contribution is 6.11. The van der Waals surface area contributed by atoms with Gasteiger partial charge in [0.15, 0.2) is 5.84 Å². The molecule has 2 rings (SSSR count). The largest absolute Gasteiger partial charge is 0.234 e. The Morgan fingerprint density at radius 2 is 1.25 bits per heavy atom. The van der Waals surface area contributed by atoms with E-state index < -0.39 is 0 Å². The van der Waals surface area contributed by atoms with Crippen LogP contribution in [0.5, 0.6) is 0 Å². The van der Waals surface area contributed by atoms with Gasteiger partial charge in [-0.3, -0.25) is 0 Å². The Morgan fingerprint density at radius 3 is 1.75 bits per heavy atom. The normalized spacial score (nSPS) is 12.3. The van der Waals surface area contributed by atoms with E-state index in [2.05, 4.69) is 16.6 Å². The average molecular weight is 262 g/mol. The molecule has 0 aromatic heterocycles. The lowest BCUT2D eigenvalue weighted by Crippen LogP contribution is -2.03. The smallest absolute Gasteiger partial charge is 0.159 e. The summed E-state index contributed by atoms with van der Waals surface area (Å²) in [7, 11) is 0. The van der Waals surface area contributed by atoms with Gasteiger partial charge in [0.1, 0.15) is 0 Å².